The number of anilines is 1. The predicted octanol–water partition coefficient (Wildman–Crippen LogP) is 5.30. The Labute approximate surface area is 200 Å². The Morgan fingerprint density at radius 1 is 0.939 bits per heavy atom. The number of halogens is 2. The third-order valence-electron chi connectivity index (χ3n) is 4.53. The van der Waals surface area contributed by atoms with Crippen LogP contribution in [0.25, 0.3) is 0 Å². The summed E-state index contributed by atoms with van der Waals surface area (Å²) >= 11 is 11.8. The fourth-order valence-electron chi connectivity index (χ4n) is 2.95. The molecule has 0 aliphatic heterocycles. The Bertz CT molecular complexity index is 1200. The Balaban J connectivity index is 1.72. The van der Waals surface area contributed by atoms with Crippen LogP contribution >= 0.6 is 23.2 Å². The third kappa shape index (κ3) is 6.97. The molecule has 0 radical (unpaired) electrons. The molecule has 9 heteroatoms. The molecule has 0 atom stereocenters. The lowest BCUT2D eigenvalue weighted by atomic mass is 10.1. The second kappa shape index (κ2) is 10.8. The normalized spacial score (nSPS) is 10.4. The molecule has 3 aromatic carbocycles. The monoisotopic (exact) mass is 486 g/mol. The molecule has 0 unspecified atom stereocenters. The minimum Gasteiger partial charge on any atom is -0.481 e. The van der Waals surface area contributed by atoms with Crippen molar-refractivity contribution in [3.8, 4) is 11.5 Å². The van der Waals surface area contributed by atoms with Crippen LogP contribution in [0.4, 0.5) is 5.69 Å². The van der Waals surface area contributed by atoms with Gasteiger partial charge >= 0.3 is 5.97 Å². The number of carbonyl (C=O) groups excluding carboxylic acids is 2. The first-order valence-electron chi connectivity index (χ1n) is 9.83. The molecule has 0 spiro atoms. The first-order valence-corrected chi connectivity index (χ1v) is 10.6. The van der Waals surface area contributed by atoms with Gasteiger partial charge in [0.05, 0.1) is 16.5 Å². The number of carbonyl (C=O) groups is 3. The zero-order valence-corrected chi connectivity index (χ0v) is 19.0. The van der Waals surface area contributed by atoms with Crippen molar-refractivity contribution in [2.75, 3.05) is 5.32 Å². The number of carboxylic acids is 1. The lowest BCUT2D eigenvalue weighted by Crippen LogP contribution is -2.19. The molecule has 0 heterocycles. The molecule has 0 saturated carbocycles. The molecule has 0 aliphatic rings. The first-order chi connectivity index (χ1) is 15.7. The highest BCUT2D eigenvalue weighted by Crippen LogP contribution is 2.28. The number of rotatable bonds is 8. The predicted molar refractivity (Wildman–Crippen MR) is 126 cm³/mol. The van der Waals surface area contributed by atoms with Crippen molar-refractivity contribution in [2.45, 2.75) is 19.9 Å². The standard InChI is InChI=1S/C24H20Cl2N2O5/c1-14(29)27-13-17-10-15(11-23(30)31)2-9-22(17)33-19-6-4-18(5-7-19)28-24(32)16-3-8-20(25)21(26)12-16/h2-10,12H,11,13H2,1H3,(H,27,29)(H,28,32)(H,30,31). The number of hydrogen-bond donors (Lipinski definition) is 3. The van der Waals surface area contributed by atoms with E-state index in [0.717, 1.165) is 0 Å². The Kier molecular flexibility index (Phi) is 7.92. The molecule has 3 aromatic rings. The zero-order valence-electron chi connectivity index (χ0n) is 17.5. The van der Waals surface area contributed by atoms with Crippen LogP contribution in [0.1, 0.15) is 28.4 Å². The summed E-state index contributed by atoms with van der Waals surface area (Å²) in [6.07, 6.45) is -0.138. The topological polar surface area (TPSA) is 105 Å². The van der Waals surface area contributed by atoms with Gasteiger partial charge in [-0.15, -0.1) is 0 Å². The number of ether oxygens (including phenoxy) is 1. The van der Waals surface area contributed by atoms with E-state index >= 15 is 0 Å². The summed E-state index contributed by atoms with van der Waals surface area (Å²) in [4.78, 5) is 34.7. The summed E-state index contributed by atoms with van der Waals surface area (Å²) < 4.78 is 5.93. The van der Waals surface area contributed by atoms with Gasteiger partial charge in [-0.2, -0.15) is 0 Å². The van der Waals surface area contributed by atoms with Crippen LogP contribution in [0.3, 0.4) is 0 Å². The van der Waals surface area contributed by atoms with Crippen LogP contribution in [0.5, 0.6) is 11.5 Å². The summed E-state index contributed by atoms with van der Waals surface area (Å²) in [5, 5.41) is 15.1. The third-order valence-corrected chi connectivity index (χ3v) is 5.27. The van der Waals surface area contributed by atoms with E-state index < -0.39 is 5.97 Å². The number of carboxylic acid groups (broad SMARTS) is 1. The quantitative estimate of drug-likeness (QED) is 0.400. The average Bonchev–Trinajstić information content (AvgIpc) is 2.76. The Hall–Kier alpha value is -3.55. The van der Waals surface area contributed by atoms with Gasteiger partial charge in [0, 0.05) is 30.3 Å². The smallest absolute Gasteiger partial charge is 0.307 e. The maximum atomic E-state index is 12.4. The van der Waals surface area contributed by atoms with Gasteiger partial charge < -0.3 is 20.5 Å². The number of benzene rings is 3. The average molecular weight is 487 g/mol. The van der Waals surface area contributed by atoms with Crippen molar-refractivity contribution < 1.29 is 24.2 Å². The molecule has 0 fully saturated rings. The summed E-state index contributed by atoms with van der Waals surface area (Å²) in [6, 6.07) is 16.3. The minimum absolute atomic E-state index is 0.138. The van der Waals surface area contributed by atoms with Gasteiger partial charge in [-0.1, -0.05) is 29.3 Å². The number of hydrogen-bond acceptors (Lipinski definition) is 4. The molecule has 33 heavy (non-hydrogen) atoms. The van der Waals surface area contributed by atoms with E-state index in [9.17, 15) is 14.4 Å². The highest BCUT2D eigenvalue weighted by molar-refractivity contribution is 6.42. The fraction of sp³-hybridized carbons (Fsp3) is 0.125. The molecule has 3 N–H and O–H groups in total. The highest BCUT2D eigenvalue weighted by atomic mass is 35.5. The van der Waals surface area contributed by atoms with Gasteiger partial charge in [0.1, 0.15) is 11.5 Å². The maximum Gasteiger partial charge on any atom is 0.307 e. The largest absolute Gasteiger partial charge is 0.481 e. The summed E-state index contributed by atoms with van der Waals surface area (Å²) in [5.74, 6) is -0.531. The maximum absolute atomic E-state index is 12.4. The van der Waals surface area contributed by atoms with E-state index in [4.69, 9.17) is 33.0 Å². The van der Waals surface area contributed by atoms with Crippen LogP contribution in [0.15, 0.2) is 60.7 Å². The van der Waals surface area contributed by atoms with Crippen LogP contribution in [0, 0.1) is 0 Å². The number of aliphatic carboxylic acids is 1. The number of amides is 2. The Morgan fingerprint density at radius 3 is 2.30 bits per heavy atom. The van der Waals surface area contributed by atoms with Crippen molar-refractivity contribution in [1.82, 2.24) is 5.32 Å². The summed E-state index contributed by atoms with van der Waals surface area (Å²) in [7, 11) is 0. The summed E-state index contributed by atoms with van der Waals surface area (Å²) in [6.45, 7) is 1.59. The molecule has 7 nitrogen and oxygen atoms in total. The van der Waals surface area contributed by atoms with Crippen LogP contribution in [-0.4, -0.2) is 22.9 Å². The van der Waals surface area contributed by atoms with E-state index in [1.807, 2.05) is 0 Å². The van der Waals surface area contributed by atoms with E-state index in [1.165, 1.54) is 13.0 Å². The zero-order chi connectivity index (χ0) is 24.0. The molecule has 0 saturated heterocycles. The molecule has 0 aromatic heterocycles. The SMILES string of the molecule is CC(=O)NCc1cc(CC(=O)O)ccc1Oc1ccc(NC(=O)c2ccc(Cl)c(Cl)c2)cc1. The molecule has 0 aliphatic carbocycles. The van der Waals surface area contributed by atoms with Crippen molar-refractivity contribution in [3.63, 3.8) is 0 Å². The number of nitrogens with one attached hydrogen (secondary N) is 2. The van der Waals surface area contributed by atoms with Crippen molar-refractivity contribution in [1.29, 1.82) is 0 Å². The van der Waals surface area contributed by atoms with E-state index in [1.54, 1.807) is 54.6 Å². The molecular formula is C24H20Cl2N2O5. The first kappa shape index (κ1) is 24.1. The van der Waals surface area contributed by atoms with Crippen LogP contribution < -0.4 is 15.4 Å². The van der Waals surface area contributed by atoms with Gasteiger partial charge in [0.2, 0.25) is 5.91 Å². The molecular weight excluding hydrogens is 467 g/mol. The van der Waals surface area contributed by atoms with E-state index in [2.05, 4.69) is 10.6 Å². The van der Waals surface area contributed by atoms with Crippen molar-refractivity contribution >= 4 is 46.7 Å². The van der Waals surface area contributed by atoms with E-state index in [0.29, 0.717) is 38.9 Å². The van der Waals surface area contributed by atoms with Crippen molar-refractivity contribution in [3.05, 3.63) is 87.4 Å². The molecule has 3 rings (SSSR count). The Morgan fingerprint density at radius 2 is 1.67 bits per heavy atom. The summed E-state index contributed by atoms with van der Waals surface area (Å²) in [5.41, 5.74) is 2.15. The molecule has 0 bridgehead atoms. The van der Waals surface area contributed by atoms with E-state index in [-0.39, 0.29) is 29.8 Å². The van der Waals surface area contributed by atoms with Gasteiger partial charge in [-0.3, -0.25) is 14.4 Å². The van der Waals surface area contributed by atoms with Crippen LogP contribution in [-0.2, 0) is 22.6 Å². The molecule has 170 valence electrons. The lowest BCUT2D eigenvalue weighted by Gasteiger charge is -2.14. The second-order valence-corrected chi connectivity index (χ2v) is 7.95. The second-order valence-electron chi connectivity index (χ2n) is 7.13. The van der Waals surface area contributed by atoms with Crippen molar-refractivity contribution in [2.24, 2.45) is 0 Å². The fourth-order valence-corrected chi connectivity index (χ4v) is 3.25. The minimum atomic E-state index is -0.951. The van der Waals surface area contributed by atoms with Gasteiger partial charge in [-0.05, 0) is 60.2 Å². The lowest BCUT2D eigenvalue weighted by molar-refractivity contribution is -0.136. The molecule has 2 amide bonds. The van der Waals surface area contributed by atoms with Crippen LogP contribution in [0.2, 0.25) is 10.0 Å². The van der Waals surface area contributed by atoms with Gasteiger partial charge in [0.15, 0.2) is 0 Å². The van der Waals surface area contributed by atoms with Gasteiger partial charge in [0.25, 0.3) is 5.91 Å². The highest BCUT2D eigenvalue weighted by Gasteiger charge is 2.11. The van der Waals surface area contributed by atoms with Gasteiger partial charge in [-0.25, -0.2) is 0 Å².